The molecule has 0 aromatic heterocycles. The third-order valence-corrected chi connectivity index (χ3v) is 4.07. The predicted octanol–water partition coefficient (Wildman–Crippen LogP) is 2.44. The lowest BCUT2D eigenvalue weighted by Gasteiger charge is -2.28. The molecule has 1 N–H and O–H groups in total. The number of amides is 1. The lowest BCUT2D eigenvalue weighted by molar-refractivity contribution is -0.122. The minimum absolute atomic E-state index is 0.0344. The summed E-state index contributed by atoms with van der Waals surface area (Å²) >= 11 is 0. The van der Waals surface area contributed by atoms with Gasteiger partial charge in [0.2, 0.25) is 5.91 Å². The molecule has 106 valence electrons. The molecule has 0 bridgehead atoms. The van der Waals surface area contributed by atoms with Gasteiger partial charge < -0.3 is 10.2 Å². The van der Waals surface area contributed by atoms with E-state index in [0.29, 0.717) is 11.6 Å². The van der Waals surface area contributed by atoms with E-state index >= 15 is 0 Å². The van der Waals surface area contributed by atoms with Crippen LogP contribution in [0.1, 0.15) is 38.2 Å². The van der Waals surface area contributed by atoms with Gasteiger partial charge in [0.15, 0.2) is 0 Å². The van der Waals surface area contributed by atoms with Gasteiger partial charge in [-0.2, -0.15) is 5.26 Å². The summed E-state index contributed by atoms with van der Waals surface area (Å²) < 4.78 is 0. The van der Waals surface area contributed by atoms with E-state index in [1.165, 1.54) is 12.8 Å². The van der Waals surface area contributed by atoms with Crippen LogP contribution in [0.15, 0.2) is 24.3 Å². The molecule has 1 aromatic rings. The number of para-hydroxylation sites is 1. The molecule has 1 saturated carbocycles. The van der Waals surface area contributed by atoms with E-state index in [2.05, 4.69) is 11.4 Å². The predicted molar refractivity (Wildman–Crippen MR) is 79.4 cm³/mol. The SMILES string of the molecule is CC(C(=O)NC1CCCC1)N(C)c1ccccc1C#N. The number of hydrogen-bond acceptors (Lipinski definition) is 3. The van der Waals surface area contributed by atoms with Crippen LogP contribution in [0.2, 0.25) is 0 Å². The minimum atomic E-state index is -0.287. The molecule has 0 radical (unpaired) electrons. The number of nitrogens with one attached hydrogen (secondary N) is 1. The van der Waals surface area contributed by atoms with Gasteiger partial charge in [-0.25, -0.2) is 0 Å². The average Bonchev–Trinajstić information content (AvgIpc) is 2.98. The summed E-state index contributed by atoms with van der Waals surface area (Å²) in [5.41, 5.74) is 1.39. The number of hydrogen-bond donors (Lipinski definition) is 1. The van der Waals surface area contributed by atoms with Crippen molar-refractivity contribution in [2.24, 2.45) is 0 Å². The van der Waals surface area contributed by atoms with Crippen molar-refractivity contribution in [1.29, 1.82) is 5.26 Å². The Morgan fingerprint density at radius 1 is 1.40 bits per heavy atom. The maximum absolute atomic E-state index is 12.3. The van der Waals surface area contributed by atoms with Crippen LogP contribution in [0.4, 0.5) is 5.69 Å². The monoisotopic (exact) mass is 271 g/mol. The van der Waals surface area contributed by atoms with Crippen LogP contribution >= 0.6 is 0 Å². The molecule has 4 heteroatoms. The largest absolute Gasteiger partial charge is 0.362 e. The Kier molecular flexibility index (Phi) is 4.62. The molecule has 2 rings (SSSR count). The highest BCUT2D eigenvalue weighted by Crippen LogP contribution is 2.21. The zero-order chi connectivity index (χ0) is 14.5. The number of anilines is 1. The smallest absolute Gasteiger partial charge is 0.242 e. The first-order valence-corrected chi connectivity index (χ1v) is 7.16. The summed E-state index contributed by atoms with van der Waals surface area (Å²) in [7, 11) is 1.86. The van der Waals surface area contributed by atoms with Gasteiger partial charge >= 0.3 is 0 Å². The van der Waals surface area contributed by atoms with Crippen LogP contribution < -0.4 is 10.2 Å². The Labute approximate surface area is 120 Å². The fourth-order valence-corrected chi connectivity index (χ4v) is 2.65. The Balaban J connectivity index is 2.05. The average molecular weight is 271 g/mol. The van der Waals surface area contributed by atoms with Gasteiger partial charge in [0.05, 0.1) is 11.3 Å². The molecule has 1 unspecified atom stereocenters. The van der Waals surface area contributed by atoms with Crippen molar-refractivity contribution in [1.82, 2.24) is 5.32 Å². The zero-order valence-electron chi connectivity index (χ0n) is 12.1. The Hall–Kier alpha value is -2.02. The third kappa shape index (κ3) is 3.11. The highest BCUT2D eigenvalue weighted by Gasteiger charge is 2.24. The summed E-state index contributed by atoms with van der Waals surface area (Å²) in [5, 5.41) is 12.2. The summed E-state index contributed by atoms with van der Waals surface area (Å²) in [4.78, 5) is 14.1. The maximum Gasteiger partial charge on any atom is 0.242 e. The van der Waals surface area contributed by atoms with Crippen molar-refractivity contribution < 1.29 is 4.79 Å². The van der Waals surface area contributed by atoms with Crippen LogP contribution in [0.25, 0.3) is 0 Å². The lowest BCUT2D eigenvalue weighted by Crippen LogP contribution is -2.46. The summed E-state index contributed by atoms with van der Waals surface area (Å²) in [5.74, 6) is 0.0344. The number of rotatable bonds is 4. The van der Waals surface area contributed by atoms with Crippen LogP contribution in [0.5, 0.6) is 0 Å². The maximum atomic E-state index is 12.3. The highest BCUT2D eigenvalue weighted by molar-refractivity contribution is 5.85. The normalized spacial score (nSPS) is 16.4. The standard InChI is InChI=1S/C16H21N3O/c1-12(16(20)18-14-8-4-5-9-14)19(2)15-10-6-3-7-13(15)11-17/h3,6-7,10,12,14H,4-5,8-9H2,1-2H3,(H,18,20). The minimum Gasteiger partial charge on any atom is -0.362 e. The van der Waals surface area contributed by atoms with E-state index in [0.717, 1.165) is 18.5 Å². The van der Waals surface area contributed by atoms with Gasteiger partial charge in [-0.1, -0.05) is 25.0 Å². The number of nitrogens with zero attached hydrogens (tertiary/aromatic N) is 2. The molecule has 0 aliphatic heterocycles. The molecule has 20 heavy (non-hydrogen) atoms. The fraction of sp³-hybridized carbons (Fsp3) is 0.500. The second-order valence-electron chi connectivity index (χ2n) is 5.41. The molecule has 1 amide bonds. The molecule has 1 aliphatic carbocycles. The number of benzene rings is 1. The summed E-state index contributed by atoms with van der Waals surface area (Å²) in [6, 6.07) is 9.57. The molecule has 0 heterocycles. The number of likely N-dealkylation sites (N-methyl/N-ethyl adjacent to an activating group) is 1. The van der Waals surface area contributed by atoms with E-state index in [4.69, 9.17) is 5.26 Å². The summed E-state index contributed by atoms with van der Waals surface area (Å²) in [6.45, 7) is 1.87. The van der Waals surface area contributed by atoms with Crippen molar-refractivity contribution in [2.75, 3.05) is 11.9 Å². The molecule has 0 spiro atoms. The van der Waals surface area contributed by atoms with Gasteiger partial charge in [0.25, 0.3) is 0 Å². The molecule has 0 saturated heterocycles. The Morgan fingerprint density at radius 2 is 2.05 bits per heavy atom. The second-order valence-corrected chi connectivity index (χ2v) is 5.41. The lowest BCUT2D eigenvalue weighted by atomic mass is 10.1. The van der Waals surface area contributed by atoms with Gasteiger partial charge in [0.1, 0.15) is 12.1 Å². The van der Waals surface area contributed by atoms with Crippen molar-refractivity contribution in [3.63, 3.8) is 0 Å². The number of carbonyl (C=O) groups excluding carboxylic acids is 1. The number of carbonyl (C=O) groups is 1. The molecular weight excluding hydrogens is 250 g/mol. The molecular formula is C16H21N3O. The third-order valence-electron chi connectivity index (χ3n) is 4.07. The summed E-state index contributed by atoms with van der Waals surface area (Å²) in [6.07, 6.45) is 4.56. The molecule has 1 fully saturated rings. The van der Waals surface area contributed by atoms with Gasteiger partial charge in [-0.3, -0.25) is 4.79 Å². The van der Waals surface area contributed by atoms with E-state index in [-0.39, 0.29) is 11.9 Å². The van der Waals surface area contributed by atoms with Crippen molar-refractivity contribution in [2.45, 2.75) is 44.7 Å². The van der Waals surface area contributed by atoms with E-state index in [1.54, 1.807) is 6.07 Å². The van der Waals surface area contributed by atoms with Crippen LogP contribution in [0, 0.1) is 11.3 Å². The Morgan fingerprint density at radius 3 is 2.70 bits per heavy atom. The highest BCUT2D eigenvalue weighted by atomic mass is 16.2. The van der Waals surface area contributed by atoms with Gasteiger partial charge in [-0.15, -0.1) is 0 Å². The van der Waals surface area contributed by atoms with Crippen molar-refractivity contribution in [3.05, 3.63) is 29.8 Å². The van der Waals surface area contributed by atoms with Crippen molar-refractivity contribution in [3.8, 4) is 6.07 Å². The quantitative estimate of drug-likeness (QED) is 0.915. The van der Waals surface area contributed by atoms with Crippen LogP contribution in [-0.2, 0) is 4.79 Å². The van der Waals surface area contributed by atoms with Crippen molar-refractivity contribution >= 4 is 11.6 Å². The van der Waals surface area contributed by atoms with Gasteiger partial charge in [-0.05, 0) is 31.9 Å². The topological polar surface area (TPSA) is 56.1 Å². The van der Waals surface area contributed by atoms with E-state index in [1.807, 2.05) is 37.1 Å². The number of nitriles is 1. The molecule has 1 aromatic carbocycles. The molecule has 1 aliphatic rings. The first-order valence-electron chi connectivity index (χ1n) is 7.16. The second kappa shape index (κ2) is 6.42. The van der Waals surface area contributed by atoms with Crippen LogP contribution in [0.3, 0.4) is 0 Å². The first-order chi connectivity index (χ1) is 9.63. The first kappa shape index (κ1) is 14.4. The van der Waals surface area contributed by atoms with Gasteiger partial charge in [0, 0.05) is 13.1 Å². The van der Waals surface area contributed by atoms with E-state index < -0.39 is 0 Å². The van der Waals surface area contributed by atoms with E-state index in [9.17, 15) is 4.79 Å². The zero-order valence-corrected chi connectivity index (χ0v) is 12.1. The van der Waals surface area contributed by atoms with Crippen LogP contribution in [-0.4, -0.2) is 25.0 Å². The molecule has 1 atom stereocenters. The molecule has 4 nitrogen and oxygen atoms in total. The Bertz CT molecular complexity index is 515. The fourth-order valence-electron chi connectivity index (χ4n) is 2.65.